The number of rotatable bonds is 3. The molecule has 0 N–H and O–H groups in total. The molecule has 0 bridgehead atoms. The summed E-state index contributed by atoms with van der Waals surface area (Å²) in [6.45, 7) is 11.9. The van der Waals surface area contributed by atoms with Crippen LogP contribution in [-0.4, -0.2) is 4.57 Å². The van der Waals surface area contributed by atoms with Crippen molar-refractivity contribution in [2.75, 3.05) is 4.90 Å². The van der Waals surface area contributed by atoms with E-state index >= 15 is 0 Å². The van der Waals surface area contributed by atoms with Crippen molar-refractivity contribution in [1.29, 1.82) is 0 Å². The Kier molecular flexibility index (Phi) is 6.18. The second-order valence-corrected chi connectivity index (χ2v) is 16.6. The van der Waals surface area contributed by atoms with Crippen LogP contribution in [0.25, 0.3) is 55.7 Å². The molecule has 2 atom stereocenters. The molecule has 0 fully saturated rings. The highest BCUT2D eigenvalue weighted by molar-refractivity contribution is 6.22. The number of para-hydroxylation sites is 2. The molecular weight excluding hydrogens is 645 g/mol. The van der Waals surface area contributed by atoms with Crippen LogP contribution in [-0.2, 0) is 10.8 Å². The zero-order valence-electron chi connectivity index (χ0n) is 30.9. The normalized spacial score (nSPS) is 19.2. The standard InChI is InChI=1S/C50H42N2O/c1-30-14-13-18-35-37-29-40-45-44(47(37)53-46(30)35)36-17-9-11-20-41(36)52(45)43-27-24-33(28-39(43)49(40,2)3)31-22-25-34(26-23-31)51-42-21-12-10-19-38(42)50(4,5)48(51)32-15-7-6-8-16-32/h6-13,15-30,48H,14H2,1-5H3. The van der Waals surface area contributed by atoms with Crippen LogP contribution in [0.1, 0.15) is 86.6 Å². The summed E-state index contributed by atoms with van der Waals surface area (Å²) in [4.78, 5) is 2.55. The van der Waals surface area contributed by atoms with Gasteiger partial charge in [-0.1, -0.05) is 132 Å². The van der Waals surface area contributed by atoms with Crippen LogP contribution >= 0.6 is 0 Å². The molecule has 8 aromatic rings. The minimum Gasteiger partial charge on any atom is -0.459 e. The van der Waals surface area contributed by atoms with Gasteiger partial charge in [-0.15, -0.1) is 0 Å². The zero-order chi connectivity index (χ0) is 35.8. The summed E-state index contributed by atoms with van der Waals surface area (Å²) in [5.41, 5.74) is 16.1. The number of anilines is 2. The lowest BCUT2D eigenvalue weighted by molar-refractivity contribution is 0.449. The molecule has 0 radical (unpaired) electrons. The SMILES string of the molecule is CC1CC=Cc2c1oc1c2cc2c3c1c1ccccc1n3-c1ccc(-c3ccc(N4c5ccccc5C(C)(C)C4c4ccccc4)cc3)cc1C2(C)C. The summed E-state index contributed by atoms with van der Waals surface area (Å²) in [5, 5.41) is 3.72. The molecule has 0 saturated carbocycles. The molecule has 2 aliphatic heterocycles. The molecule has 0 saturated heterocycles. The summed E-state index contributed by atoms with van der Waals surface area (Å²) in [6, 6.07) is 47.8. The molecule has 2 aromatic heterocycles. The van der Waals surface area contributed by atoms with Gasteiger partial charge in [-0.25, -0.2) is 0 Å². The molecule has 53 heavy (non-hydrogen) atoms. The Balaban J connectivity index is 1.06. The number of allylic oxidation sites excluding steroid dienone is 1. The van der Waals surface area contributed by atoms with Crippen LogP contribution in [0.5, 0.6) is 0 Å². The van der Waals surface area contributed by atoms with E-state index in [2.05, 4.69) is 184 Å². The van der Waals surface area contributed by atoms with Crippen molar-refractivity contribution in [2.24, 2.45) is 0 Å². The Morgan fingerprint density at radius 3 is 2.23 bits per heavy atom. The van der Waals surface area contributed by atoms with Crippen molar-refractivity contribution < 1.29 is 4.42 Å². The molecule has 3 aliphatic rings. The molecule has 6 aromatic carbocycles. The second-order valence-electron chi connectivity index (χ2n) is 16.6. The van der Waals surface area contributed by atoms with Gasteiger partial charge in [0.15, 0.2) is 0 Å². The number of hydrogen-bond acceptors (Lipinski definition) is 2. The molecule has 2 unspecified atom stereocenters. The van der Waals surface area contributed by atoms with Gasteiger partial charge < -0.3 is 13.9 Å². The minimum atomic E-state index is -0.232. The van der Waals surface area contributed by atoms with E-state index in [9.17, 15) is 0 Å². The fourth-order valence-electron chi connectivity index (χ4n) is 10.2. The Bertz CT molecular complexity index is 2830. The van der Waals surface area contributed by atoms with Gasteiger partial charge in [0.05, 0.1) is 28.1 Å². The Morgan fingerprint density at radius 2 is 1.40 bits per heavy atom. The van der Waals surface area contributed by atoms with Crippen LogP contribution in [0.4, 0.5) is 11.4 Å². The molecule has 3 heteroatoms. The second kappa shape index (κ2) is 10.6. The maximum Gasteiger partial charge on any atom is 0.144 e. The van der Waals surface area contributed by atoms with Gasteiger partial charge >= 0.3 is 0 Å². The lowest BCUT2D eigenvalue weighted by atomic mass is 9.73. The van der Waals surface area contributed by atoms with Gasteiger partial charge in [0.2, 0.25) is 0 Å². The van der Waals surface area contributed by atoms with Crippen molar-refractivity contribution in [3.63, 3.8) is 0 Å². The van der Waals surface area contributed by atoms with E-state index in [1.165, 1.54) is 83.2 Å². The maximum absolute atomic E-state index is 6.84. The fraction of sp³-hybridized carbons (Fsp3) is 0.200. The van der Waals surface area contributed by atoms with E-state index in [1.807, 2.05) is 0 Å². The van der Waals surface area contributed by atoms with Crippen molar-refractivity contribution in [1.82, 2.24) is 4.57 Å². The molecule has 11 rings (SSSR count). The van der Waals surface area contributed by atoms with E-state index in [0.29, 0.717) is 5.92 Å². The summed E-state index contributed by atoms with van der Waals surface area (Å²) >= 11 is 0. The van der Waals surface area contributed by atoms with Crippen LogP contribution in [0.3, 0.4) is 0 Å². The van der Waals surface area contributed by atoms with Gasteiger partial charge in [0.25, 0.3) is 0 Å². The Labute approximate surface area is 310 Å². The Hall–Kier alpha value is -5.80. The number of furan rings is 1. The quantitative estimate of drug-likeness (QED) is 0.184. The van der Waals surface area contributed by atoms with Crippen LogP contribution < -0.4 is 4.90 Å². The van der Waals surface area contributed by atoms with Gasteiger partial charge in [0.1, 0.15) is 11.3 Å². The molecule has 3 nitrogen and oxygen atoms in total. The van der Waals surface area contributed by atoms with Gasteiger partial charge in [0, 0.05) is 44.5 Å². The first kappa shape index (κ1) is 30.8. The number of nitrogens with zero attached hydrogens (tertiary/aromatic N) is 2. The largest absolute Gasteiger partial charge is 0.459 e. The Morgan fingerprint density at radius 1 is 0.660 bits per heavy atom. The highest BCUT2D eigenvalue weighted by Crippen LogP contribution is 2.56. The molecule has 0 amide bonds. The average molecular weight is 687 g/mol. The molecule has 1 aliphatic carbocycles. The predicted molar refractivity (Wildman–Crippen MR) is 221 cm³/mol. The fourth-order valence-corrected chi connectivity index (χ4v) is 10.2. The monoisotopic (exact) mass is 686 g/mol. The lowest BCUT2D eigenvalue weighted by Gasteiger charge is -2.35. The zero-order valence-corrected chi connectivity index (χ0v) is 30.9. The lowest BCUT2D eigenvalue weighted by Crippen LogP contribution is -2.30. The van der Waals surface area contributed by atoms with Crippen molar-refractivity contribution in [2.45, 2.75) is 63.8 Å². The summed E-state index contributed by atoms with van der Waals surface area (Å²) in [6.07, 6.45) is 5.61. The van der Waals surface area contributed by atoms with E-state index in [1.54, 1.807) is 0 Å². The third kappa shape index (κ3) is 4.05. The first-order chi connectivity index (χ1) is 25.7. The summed E-state index contributed by atoms with van der Waals surface area (Å²) in [5.74, 6) is 1.49. The van der Waals surface area contributed by atoms with Gasteiger partial charge in [-0.3, -0.25) is 0 Å². The first-order valence-corrected chi connectivity index (χ1v) is 19.1. The highest BCUT2D eigenvalue weighted by Gasteiger charge is 2.46. The van der Waals surface area contributed by atoms with Gasteiger partial charge in [-0.2, -0.15) is 0 Å². The summed E-state index contributed by atoms with van der Waals surface area (Å²) < 4.78 is 9.34. The van der Waals surface area contributed by atoms with Gasteiger partial charge in [-0.05, 0) is 82.3 Å². The molecule has 258 valence electrons. The van der Waals surface area contributed by atoms with Crippen molar-refractivity contribution in [3.05, 3.63) is 167 Å². The minimum absolute atomic E-state index is 0.0547. The van der Waals surface area contributed by atoms with E-state index in [4.69, 9.17) is 4.42 Å². The highest BCUT2D eigenvalue weighted by atomic mass is 16.3. The first-order valence-electron chi connectivity index (χ1n) is 19.1. The van der Waals surface area contributed by atoms with E-state index in [-0.39, 0.29) is 16.9 Å². The number of fused-ring (bicyclic) bond motifs is 10. The van der Waals surface area contributed by atoms with Crippen LogP contribution in [0.15, 0.2) is 138 Å². The summed E-state index contributed by atoms with van der Waals surface area (Å²) in [7, 11) is 0. The van der Waals surface area contributed by atoms with E-state index < -0.39 is 0 Å². The van der Waals surface area contributed by atoms with Crippen LogP contribution in [0.2, 0.25) is 0 Å². The number of aromatic nitrogens is 1. The van der Waals surface area contributed by atoms with Crippen LogP contribution in [0, 0.1) is 0 Å². The third-order valence-corrected chi connectivity index (χ3v) is 12.9. The van der Waals surface area contributed by atoms with Crippen molar-refractivity contribution >= 4 is 50.2 Å². The maximum atomic E-state index is 6.84. The third-order valence-electron chi connectivity index (χ3n) is 12.9. The molecule has 4 heterocycles. The van der Waals surface area contributed by atoms with E-state index in [0.717, 1.165) is 17.8 Å². The number of benzene rings is 6. The molecular formula is C50H42N2O. The van der Waals surface area contributed by atoms with Crippen molar-refractivity contribution in [3.8, 4) is 16.8 Å². The average Bonchev–Trinajstić information content (AvgIpc) is 3.81. The molecule has 0 spiro atoms. The topological polar surface area (TPSA) is 21.3 Å². The number of hydrogen-bond donors (Lipinski definition) is 0. The predicted octanol–water partition coefficient (Wildman–Crippen LogP) is 13.5. The smallest absolute Gasteiger partial charge is 0.144 e.